The van der Waals surface area contributed by atoms with Crippen LogP contribution in [-0.4, -0.2) is 23.6 Å². The van der Waals surface area contributed by atoms with Crippen molar-refractivity contribution in [2.24, 2.45) is 0 Å². The van der Waals surface area contributed by atoms with Crippen LogP contribution in [0.15, 0.2) is 59.6 Å². The molecular formula is C19H17NO2S. The zero-order valence-corrected chi connectivity index (χ0v) is 13.9. The minimum atomic E-state index is 0.0882. The van der Waals surface area contributed by atoms with Crippen LogP contribution in [0.25, 0.3) is 10.9 Å². The monoisotopic (exact) mass is 323 g/mol. The van der Waals surface area contributed by atoms with Crippen LogP contribution >= 0.6 is 11.8 Å². The quantitative estimate of drug-likeness (QED) is 0.511. The predicted octanol–water partition coefficient (Wildman–Crippen LogP) is 4.53. The van der Waals surface area contributed by atoms with Gasteiger partial charge in [-0.25, -0.2) is 4.98 Å². The van der Waals surface area contributed by atoms with Crippen LogP contribution in [0.5, 0.6) is 5.75 Å². The summed E-state index contributed by atoms with van der Waals surface area (Å²) >= 11 is 1.47. The highest BCUT2D eigenvalue weighted by atomic mass is 32.2. The number of nitrogens with zero attached hydrogens (tertiary/aromatic N) is 1. The predicted molar refractivity (Wildman–Crippen MR) is 94.5 cm³/mol. The van der Waals surface area contributed by atoms with Gasteiger partial charge in [-0.05, 0) is 48.9 Å². The van der Waals surface area contributed by atoms with Crippen molar-refractivity contribution in [3.8, 4) is 5.75 Å². The number of hydrogen-bond acceptors (Lipinski definition) is 4. The number of ether oxygens (including phenoxy) is 1. The van der Waals surface area contributed by atoms with Gasteiger partial charge in [-0.3, -0.25) is 4.79 Å². The van der Waals surface area contributed by atoms with Crippen LogP contribution in [0.4, 0.5) is 0 Å². The van der Waals surface area contributed by atoms with E-state index in [9.17, 15) is 4.79 Å². The number of hydrogen-bond donors (Lipinski definition) is 0. The van der Waals surface area contributed by atoms with E-state index in [-0.39, 0.29) is 5.78 Å². The van der Waals surface area contributed by atoms with Gasteiger partial charge in [0.1, 0.15) is 5.75 Å². The first-order chi connectivity index (χ1) is 11.2. The van der Waals surface area contributed by atoms with Crippen molar-refractivity contribution in [1.29, 1.82) is 0 Å². The topological polar surface area (TPSA) is 39.2 Å². The lowest BCUT2D eigenvalue weighted by atomic mass is 10.1. The molecule has 23 heavy (non-hydrogen) atoms. The molecule has 0 bridgehead atoms. The fourth-order valence-corrected chi connectivity index (χ4v) is 3.26. The van der Waals surface area contributed by atoms with Crippen molar-refractivity contribution in [2.45, 2.75) is 11.9 Å². The van der Waals surface area contributed by atoms with Gasteiger partial charge < -0.3 is 4.74 Å². The van der Waals surface area contributed by atoms with Crippen molar-refractivity contribution in [2.75, 3.05) is 12.9 Å². The van der Waals surface area contributed by atoms with E-state index in [4.69, 9.17) is 4.74 Å². The molecule has 1 aromatic heterocycles. The molecule has 3 aromatic rings. The molecule has 116 valence electrons. The first kappa shape index (κ1) is 15.6. The molecule has 0 amide bonds. The summed E-state index contributed by atoms with van der Waals surface area (Å²) in [6, 6.07) is 17.3. The molecule has 3 nitrogen and oxygen atoms in total. The minimum absolute atomic E-state index is 0.0882. The summed E-state index contributed by atoms with van der Waals surface area (Å²) in [5.41, 5.74) is 2.83. The van der Waals surface area contributed by atoms with Gasteiger partial charge in [0, 0.05) is 10.9 Å². The maximum absolute atomic E-state index is 12.3. The number of carbonyl (C=O) groups is 1. The fourth-order valence-electron chi connectivity index (χ4n) is 2.39. The van der Waals surface area contributed by atoms with E-state index in [1.165, 1.54) is 17.3 Å². The highest BCUT2D eigenvalue weighted by molar-refractivity contribution is 7.99. The van der Waals surface area contributed by atoms with Crippen molar-refractivity contribution in [3.05, 3.63) is 65.7 Å². The summed E-state index contributed by atoms with van der Waals surface area (Å²) in [7, 11) is 1.61. The van der Waals surface area contributed by atoms with Gasteiger partial charge in [0.2, 0.25) is 0 Å². The van der Waals surface area contributed by atoms with Gasteiger partial charge in [0.15, 0.2) is 5.78 Å². The number of thioether (sulfide) groups is 1. The number of benzene rings is 2. The van der Waals surface area contributed by atoms with Crippen LogP contribution in [0.2, 0.25) is 0 Å². The second kappa shape index (κ2) is 6.84. The maximum atomic E-state index is 12.3. The van der Waals surface area contributed by atoms with E-state index in [1.807, 2.05) is 24.3 Å². The van der Waals surface area contributed by atoms with Crippen molar-refractivity contribution >= 4 is 28.4 Å². The summed E-state index contributed by atoms with van der Waals surface area (Å²) in [5.74, 6) is 1.21. The number of aromatic nitrogens is 1. The van der Waals surface area contributed by atoms with E-state index in [2.05, 4.69) is 18.0 Å². The number of para-hydroxylation sites is 1. The van der Waals surface area contributed by atoms with Gasteiger partial charge in [-0.2, -0.15) is 0 Å². The molecule has 0 saturated carbocycles. The van der Waals surface area contributed by atoms with E-state index in [0.717, 1.165) is 21.7 Å². The van der Waals surface area contributed by atoms with Gasteiger partial charge in [-0.15, -0.1) is 0 Å². The Hall–Kier alpha value is -2.33. The summed E-state index contributed by atoms with van der Waals surface area (Å²) in [5, 5.41) is 2.03. The Balaban J connectivity index is 1.73. The zero-order valence-electron chi connectivity index (χ0n) is 13.1. The maximum Gasteiger partial charge on any atom is 0.173 e. The standard InChI is InChI=1S/C19H17NO2S/c1-13-11-19(20-17-6-4-3-5-16(13)17)23-12-18(21)14-7-9-15(22-2)10-8-14/h3-11H,12H2,1-2H3. The lowest BCUT2D eigenvalue weighted by Gasteiger charge is -2.06. The molecule has 2 aromatic carbocycles. The highest BCUT2D eigenvalue weighted by Crippen LogP contribution is 2.24. The second-order valence-electron chi connectivity index (χ2n) is 5.23. The molecule has 3 rings (SSSR count). The molecule has 0 radical (unpaired) electrons. The molecule has 0 aliphatic heterocycles. The lowest BCUT2D eigenvalue weighted by molar-refractivity contribution is 0.102. The number of pyridine rings is 1. The fraction of sp³-hybridized carbons (Fsp3) is 0.158. The zero-order chi connectivity index (χ0) is 16.2. The second-order valence-corrected chi connectivity index (χ2v) is 6.23. The van der Waals surface area contributed by atoms with E-state index < -0.39 is 0 Å². The van der Waals surface area contributed by atoms with Crippen LogP contribution in [0.3, 0.4) is 0 Å². The average molecular weight is 323 g/mol. The Bertz CT molecular complexity index is 844. The molecule has 0 fully saturated rings. The van der Waals surface area contributed by atoms with Gasteiger partial charge in [0.05, 0.1) is 23.4 Å². The Morgan fingerprint density at radius 2 is 1.87 bits per heavy atom. The number of carbonyl (C=O) groups excluding carboxylic acids is 1. The molecule has 0 unspecified atom stereocenters. The van der Waals surface area contributed by atoms with Crippen LogP contribution in [0.1, 0.15) is 15.9 Å². The third-order valence-electron chi connectivity index (χ3n) is 3.66. The molecule has 0 saturated heterocycles. The SMILES string of the molecule is COc1ccc(C(=O)CSc2cc(C)c3ccccc3n2)cc1. The van der Waals surface area contributed by atoms with Crippen molar-refractivity contribution < 1.29 is 9.53 Å². The molecule has 0 atom stereocenters. The van der Waals surface area contributed by atoms with Crippen LogP contribution < -0.4 is 4.74 Å². The highest BCUT2D eigenvalue weighted by Gasteiger charge is 2.09. The molecular weight excluding hydrogens is 306 g/mol. The lowest BCUT2D eigenvalue weighted by Crippen LogP contribution is -2.02. The summed E-state index contributed by atoms with van der Waals surface area (Å²) < 4.78 is 5.11. The third kappa shape index (κ3) is 3.54. The van der Waals surface area contributed by atoms with Gasteiger partial charge >= 0.3 is 0 Å². The van der Waals surface area contributed by atoms with Crippen molar-refractivity contribution in [1.82, 2.24) is 4.98 Å². The number of ketones is 1. The van der Waals surface area contributed by atoms with Crippen LogP contribution in [0, 0.1) is 6.92 Å². The Kier molecular flexibility index (Phi) is 4.63. The number of Topliss-reactive ketones (excluding diaryl/α,β-unsaturated/α-hetero) is 1. The summed E-state index contributed by atoms with van der Waals surface area (Å²) in [6.45, 7) is 2.07. The first-order valence-electron chi connectivity index (χ1n) is 7.34. The Morgan fingerprint density at radius 1 is 1.13 bits per heavy atom. The summed E-state index contributed by atoms with van der Waals surface area (Å²) in [6.07, 6.45) is 0. The van der Waals surface area contributed by atoms with Crippen molar-refractivity contribution in [3.63, 3.8) is 0 Å². The molecule has 0 spiro atoms. The largest absolute Gasteiger partial charge is 0.497 e. The first-order valence-corrected chi connectivity index (χ1v) is 8.32. The molecule has 4 heteroatoms. The van der Waals surface area contributed by atoms with Gasteiger partial charge in [-0.1, -0.05) is 30.0 Å². The third-order valence-corrected chi connectivity index (χ3v) is 4.57. The number of fused-ring (bicyclic) bond motifs is 1. The molecule has 0 aliphatic carbocycles. The van der Waals surface area contributed by atoms with E-state index in [1.54, 1.807) is 31.4 Å². The molecule has 0 N–H and O–H groups in total. The number of aryl methyl sites for hydroxylation is 1. The number of rotatable bonds is 5. The smallest absolute Gasteiger partial charge is 0.173 e. The van der Waals surface area contributed by atoms with Gasteiger partial charge in [0.25, 0.3) is 0 Å². The van der Waals surface area contributed by atoms with E-state index >= 15 is 0 Å². The normalized spacial score (nSPS) is 10.7. The Morgan fingerprint density at radius 3 is 2.61 bits per heavy atom. The molecule has 1 heterocycles. The minimum Gasteiger partial charge on any atom is -0.497 e. The Labute approximate surface area is 139 Å². The average Bonchev–Trinajstić information content (AvgIpc) is 2.60. The van der Waals surface area contributed by atoms with Crippen LogP contribution in [-0.2, 0) is 0 Å². The summed E-state index contributed by atoms with van der Waals surface area (Å²) in [4.78, 5) is 16.9. The number of methoxy groups -OCH3 is 1. The molecule has 0 aliphatic rings. The van der Waals surface area contributed by atoms with E-state index in [0.29, 0.717) is 11.3 Å².